The molecule has 6 nitrogen and oxygen atoms in total. The second-order valence-corrected chi connectivity index (χ2v) is 3.40. The normalized spacial score (nSPS) is 10.5. The minimum Gasteiger partial charge on any atom is -0.379 e. The summed E-state index contributed by atoms with van der Waals surface area (Å²) in [5.74, 6) is 2.46. The number of rotatable bonds is 7. The van der Waals surface area contributed by atoms with Gasteiger partial charge in [0.25, 0.3) is 0 Å². The summed E-state index contributed by atoms with van der Waals surface area (Å²) in [5, 5.41) is 0. The van der Waals surface area contributed by atoms with Gasteiger partial charge in [-0.05, 0) is 11.3 Å². The van der Waals surface area contributed by atoms with Gasteiger partial charge in [-0.15, -0.1) is 0 Å². The highest BCUT2D eigenvalue weighted by molar-refractivity contribution is 7.81. The Balaban J connectivity index is 3.68. The Kier molecular flexibility index (Phi) is 8.04. The molecule has 0 amide bonds. The van der Waals surface area contributed by atoms with Crippen LogP contribution in [0.4, 0.5) is 0 Å². The van der Waals surface area contributed by atoms with Gasteiger partial charge >= 0.3 is 10.4 Å². The Morgan fingerprint density at radius 2 is 1.93 bits per heavy atom. The van der Waals surface area contributed by atoms with Gasteiger partial charge in [0.15, 0.2) is 6.11 Å². The van der Waals surface area contributed by atoms with Crippen LogP contribution in [0.15, 0.2) is 0 Å². The molecule has 0 aliphatic heterocycles. The molecular weight excluding hydrogens is 224 g/mol. The van der Waals surface area contributed by atoms with Crippen LogP contribution in [0.1, 0.15) is 20.3 Å². The van der Waals surface area contributed by atoms with Crippen LogP contribution >= 0.6 is 0 Å². The monoisotopic (exact) mass is 238 g/mol. The highest BCUT2D eigenvalue weighted by atomic mass is 32.3. The maximum atomic E-state index is 10.9. The van der Waals surface area contributed by atoms with Gasteiger partial charge in [-0.1, -0.05) is 12.8 Å². The van der Waals surface area contributed by atoms with Crippen LogP contribution < -0.4 is 0 Å². The van der Waals surface area contributed by atoms with Crippen LogP contribution in [0.25, 0.3) is 0 Å². The fourth-order valence-corrected chi connectivity index (χ4v) is 0.948. The molecule has 0 heterocycles. The van der Waals surface area contributed by atoms with E-state index in [4.69, 9.17) is 4.74 Å². The van der Waals surface area contributed by atoms with Crippen molar-refractivity contribution in [2.45, 2.75) is 20.3 Å². The number of ether oxygens (including phenoxy) is 1. The van der Waals surface area contributed by atoms with E-state index < -0.39 is 10.4 Å². The SMILES string of the molecule is CCC#COOS(=O)(=O)OCCOCC. The zero-order valence-electron chi connectivity index (χ0n) is 8.69. The molecule has 88 valence electrons. The molecule has 0 aliphatic carbocycles. The van der Waals surface area contributed by atoms with Crippen molar-refractivity contribution in [2.75, 3.05) is 19.8 Å². The minimum atomic E-state index is -4.15. The lowest BCUT2D eigenvalue weighted by atomic mass is 10.5. The summed E-state index contributed by atoms with van der Waals surface area (Å²) in [7, 11) is -4.15. The standard InChI is InChI=1S/C8H14O6S/c1-3-5-6-12-14-15(9,10)13-8-7-11-4-2/h3-4,7-8H2,1-2H3. The molecule has 0 fully saturated rings. The third kappa shape index (κ3) is 9.49. The van der Waals surface area contributed by atoms with Crippen LogP contribution in [0.5, 0.6) is 0 Å². The zero-order valence-corrected chi connectivity index (χ0v) is 9.50. The van der Waals surface area contributed by atoms with Crippen LogP contribution in [-0.2, 0) is 28.5 Å². The molecule has 0 aromatic rings. The van der Waals surface area contributed by atoms with Gasteiger partial charge in [0, 0.05) is 13.0 Å². The quantitative estimate of drug-likeness (QED) is 0.280. The first kappa shape index (κ1) is 14.2. The highest BCUT2D eigenvalue weighted by Gasteiger charge is 2.12. The molecule has 0 saturated carbocycles. The molecule has 15 heavy (non-hydrogen) atoms. The molecule has 0 N–H and O–H groups in total. The summed E-state index contributed by atoms with van der Waals surface area (Å²) in [4.78, 5) is 4.08. The Bertz CT molecular complexity index is 299. The van der Waals surface area contributed by atoms with E-state index >= 15 is 0 Å². The zero-order chi connectivity index (χ0) is 11.6. The van der Waals surface area contributed by atoms with Crippen LogP contribution in [0, 0.1) is 12.0 Å². The second kappa shape index (κ2) is 8.49. The third-order valence-corrected chi connectivity index (χ3v) is 1.76. The Morgan fingerprint density at radius 3 is 2.53 bits per heavy atom. The number of hydrogen-bond acceptors (Lipinski definition) is 6. The largest absolute Gasteiger partial charge is 0.436 e. The van der Waals surface area contributed by atoms with Crippen molar-refractivity contribution in [3.05, 3.63) is 0 Å². The van der Waals surface area contributed by atoms with E-state index in [2.05, 4.69) is 19.3 Å². The molecule has 0 spiro atoms. The summed E-state index contributed by atoms with van der Waals surface area (Å²) in [5.41, 5.74) is 0. The predicted octanol–water partition coefficient (Wildman–Crippen LogP) is 0.603. The van der Waals surface area contributed by atoms with Gasteiger partial charge in [0.1, 0.15) is 0 Å². The maximum absolute atomic E-state index is 10.9. The lowest BCUT2D eigenvalue weighted by Gasteiger charge is -2.02. The molecule has 0 radical (unpaired) electrons. The highest BCUT2D eigenvalue weighted by Crippen LogP contribution is 1.96. The van der Waals surface area contributed by atoms with Crippen molar-refractivity contribution >= 4 is 10.4 Å². The molecular formula is C8H14O6S. The molecule has 0 aromatic heterocycles. The minimum absolute atomic E-state index is 0.124. The first-order valence-corrected chi connectivity index (χ1v) is 5.75. The van der Waals surface area contributed by atoms with Crippen molar-refractivity contribution in [2.24, 2.45) is 0 Å². The molecule has 0 bridgehead atoms. The van der Waals surface area contributed by atoms with Crippen molar-refractivity contribution in [3.8, 4) is 12.0 Å². The third-order valence-electron chi connectivity index (χ3n) is 1.07. The van der Waals surface area contributed by atoms with Crippen LogP contribution in [-0.4, -0.2) is 28.2 Å². The van der Waals surface area contributed by atoms with Gasteiger partial charge in [-0.25, -0.2) is 4.18 Å². The molecule has 0 atom stereocenters. The first-order valence-electron chi connectivity index (χ1n) is 4.42. The molecule has 0 saturated heterocycles. The average Bonchev–Trinajstić information content (AvgIpc) is 2.20. The maximum Gasteiger partial charge on any atom is 0.436 e. The predicted molar refractivity (Wildman–Crippen MR) is 51.6 cm³/mol. The summed E-state index contributed by atoms with van der Waals surface area (Å²) in [6.45, 7) is 4.10. The lowest BCUT2D eigenvalue weighted by Crippen LogP contribution is -2.13. The van der Waals surface area contributed by atoms with Crippen molar-refractivity contribution < 1.29 is 26.6 Å². The molecule has 0 aliphatic rings. The fraction of sp³-hybridized carbons (Fsp3) is 0.750. The van der Waals surface area contributed by atoms with Crippen molar-refractivity contribution in [1.29, 1.82) is 0 Å². The summed E-state index contributed by atoms with van der Waals surface area (Å²) < 4.78 is 34.9. The topological polar surface area (TPSA) is 71.1 Å². The van der Waals surface area contributed by atoms with Crippen molar-refractivity contribution in [1.82, 2.24) is 0 Å². The summed E-state index contributed by atoms with van der Waals surface area (Å²) >= 11 is 0. The fourth-order valence-electron chi connectivity index (χ4n) is 0.519. The lowest BCUT2D eigenvalue weighted by molar-refractivity contribution is -0.139. The van der Waals surface area contributed by atoms with Gasteiger partial charge < -0.3 is 4.74 Å². The molecule has 7 heteroatoms. The molecule has 0 rings (SSSR count). The second-order valence-electron chi connectivity index (χ2n) is 2.21. The van der Waals surface area contributed by atoms with Gasteiger partial charge in [-0.3, -0.25) is 4.89 Å². The smallest absolute Gasteiger partial charge is 0.379 e. The Labute approximate surface area is 89.7 Å². The van der Waals surface area contributed by atoms with E-state index in [-0.39, 0.29) is 13.2 Å². The summed E-state index contributed by atoms with van der Waals surface area (Å²) in [6, 6.07) is 0. The van der Waals surface area contributed by atoms with Crippen LogP contribution in [0.3, 0.4) is 0 Å². The van der Waals surface area contributed by atoms with E-state index in [0.29, 0.717) is 13.0 Å². The van der Waals surface area contributed by atoms with Gasteiger partial charge in [0.05, 0.1) is 13.2 Å². The number of hydrogen-bond donors (Lipinski definition) is 0. The Morgan fingerprint density at radius 1 is 1.20 bits per heavy atom. The van der Waals surface area contributed by atoms with Crippen LogP contribution in [0.2, 0.25) is 0 Å². The Hall–Kier alpha value is -0.810. The van der Waals surface area contributed by atoms with E-state index in [9.17, 15) is 8.42 Å². The summed E-state index contributed by atoms with van der Waals surface area (Å²) in [6.07, 6.45) is 2.57. The average molecular weight is 238 g/mol. The van der Waals surface area contributed by atoms with E-state index in [1.165, 1.54) is 0 Å². The first-order chi connectivity index (χ1) is 7.12. The van der Waals surface area contributed by atoms with E-state index in [1.807, 2.05) is 6.11 Å². The molecule has 0 unspecified atom stereocenters. The van der Waals surface area contributed by atoms with E-state index in [0.717, 1.165) is 0 Å². The van der Waals surface area contributed by atoms with E-state index in [1.54, 1.807) is 13.8 Å². The van der Waals surface area contributed by atoms with Crippen molar-refractivity contribution in [3.63, 3.8) is 0 Å². The molecule has 0 aromatic carbocycles. The van der Waals surface area contributed by atoms with Gasteiger partial charge in [-0.2, -0.15) is 8.42 Å². The van der Waals surface area contributed by atoms with Gasteiger partial charge in [0.2, 0.25) is 0 Å².